The second kappa shape index (κ2) is 7.95. The summed E-state index contributed by atoms with van der Waals surface area (Å²) in [5, 5.41) is 14.5. The largest absolute Gasteiger partial charge is 0.387 e. The third kappa shape index (κ3) is 5.57. The number of hydrogen-bond donors (Lipinski definition) is 1. The quantitative estimate of drug-likeness (QED) is 0.708. The monoisotopic (exact) mass is 284 g/mol. The smallest absolute Gasteiger partial charge is 0.0917 e. The third-order valence-electron chi connectivity index (χ3n) is 3.36. The standard InChI is InChI=1S/C15H28N2OS/c1-5-6-7-8-9-10-11-12(18)13-14(15(2,3)4)16-17-19-13/h12,18H,5-11H2,1-4H3. The number of hydrogen-bond acceptors (Lipinski definition) is 4. The summed E-state index contributed by atoms with van der Waals surface area (Å²) in [4.78, 5) is 0.959. The number of aliphatic hydroxyl groups is 1. The van der Waals surface area contributed by atoms with Crippen LogP contribution in [-0.4, -0.2) is 14.7 Å². The molecule has 0 aromatic carbocycles. The van der Waals surface area contributed by atoms with E-state index < -0.39 is 0 Å². The molecule has 0 radical (unpaired) electrons. The molecule has 1 aromatic rings. The lowest BCUT2D eigenvalue weighted by atomic mass is 9.90. The van der Waals surface area contributed by atoms with Gasteiger partial charge in [0.05, 0.1) is 16.7 Å². The highest BCUT2D eigenvalue weighted by Crippen LogP contribution is 2.32. The predicted molar refractivity (Wildman–Crippen MR) is 81.6 cm³/mol. The fourth-order valence-corrected chi connectivity index (χ4v) is 3.07. The van der Waals surface area contributed by atoms with Crippen LogP contribution in [0, 0.1) is 0 Å². The summed E-state index contributed by atoms with van der Waals surface area (Å²) < 4.78 is 4.01. The Hall–Kier alpha value is -0.480. The first-order valence-electron chi connectivity index (χ1n) is 7.47. The third-order valence-corrected chi connectivity index (χ3v) is 4.18. The van der Waals surface area contributed by atoms with Crippen LogP contribution in [0.25, 0.3) is 0 Å². The average Bonchev–Trinajstić information content (AvgIpc) is 2.82. The van der Waals surface area contributed by atoms with E-state index in [2.05, 4.69) is 37.3 Å². The number of aliphatic hydroxyl groups excluding tert-OH is 1. The maximum absolute atomic E-state index is 10.3. The molecule has 4 heteroatoms. The van der Waals surface area contributed by atoms with E-state index in [0.717, 1.165) is 23.4 Å². The molecule has 0 aliphatic rings. The Morgan fingerprint density at radius 3 is 2.37 bits per heavy atom. The molecular weight excluding hydrogens is 256 g/mol. The van der Waals surface area contributed by atoms with Gasteiger partial charge in [-0.3, -0.25) is 0 Å². The van der Waals surface area contributed by atoms with Crippen LogP contribution in [0.1, 0.15) is 89.3 Å². The molecule has 3 nitrogen and oxygen atoms in total. The first-order chi connectivity index (χ1) is 8.96. The van der Waals surface area contributed by atoms with Crippen molar-refractivity contribution in [1.82, 2.24) is 9.59 Å². The number of aromatic nitrogens is 2. The van der Waals surface area contributed by atoms with E-state index in [1.54, 1.807) is 0 Å². The van der Waals surface area contributed by atoms with Gasteiger partial charge < -0.3 is 5.11 Å². The second-order valence-corrected chi connectivity index (χ2v) is 7.09. The van der Waals surface area contributed by atoms with Crippen molar-refractivity contribution >= 4 is 11.5 Å². The van der Waals surface area contributed by atoms with Gasteiger partial charge in [0.15, 0.2) is 0 Å². The topological polar surface area (TPSA) is 46.0 Å². The van der Waals surface area contributed by atoms with Gasteiger partial charge in [-0.15, -0.1) is 5.10 Å². The lowest BCUT2D eigenvalue weighted by Gasteiger charge is -2.18. The molecule has 0 saturated heterocycles. The van der Waals surface area contributed by atoms with E-state index in [1.807, 2.05) is 0 Å². The van der Waals surface area contributed by atoms with Gasteiger partial charge in [0.2, 0.25) is 0 Å². The zero-order chi connectivity index (χ0) is 14.3. The van der Waals surface area contributed by atoms with Crippen molar-refractivity contribution in [3.8, 4) is 0 Å². The Balaban J connectivity index is 2.38. The summed E-state index contributed by atoms with van der Waals surface area (Å²) in [5.74, 6) is 0. The molecule has 110 valence electrons. The molecule has 0 fully saturated rings. The zero-order valence-electron chi connectivity index (χ0n) is 12.8. The molecule has 1 aromatic heterocycles. The van der Waals surface area contributed by atoms with Crippen molar-refractivity contribution in [3.05, 3.63) is 10.6 Å². The van der Waals surface area contributed by atoms with Crippen LogP contribution >= 0.6 is 11.5 Å². The summed E-state index contributed by atoms with van der Waals surface area (Å²) in [7, 11) is 0. The summed E-state index contributed by atoms with van der Waals surface area (Å²) >= 11 is 1.35. The van der Waals surface area contributed by atoms with Crippen LogP contribution in [0.15, 0.2) is 0 Å². The molecule has 0 spiro atoms. The molecule has 0 amide bonds. The van der Waals surface area contributed by atoms with E-state index in [1.165, 1.54) is 43.6 Å². The number of nitrogens with zero attached hydrogens (tertiary/aromatic N) is 2. The minimum Gasteiger partial charge on any atom is -0.387 e. The number of unbranched alkanes of at least 4 members (excludes halogenated alkanes) is 5. The minimum atomic E-state index is -0.389. The van der Waals surface area contributed by atoms with E-state index in [4.69, 9.17) is 0 Å². The van der Waals surface area contributed by atoms with Crippen LogP contribution in [0.3, 0.4) is 0 Å². The Morgan fingerprint density at radius 2 is 1.74 bits per heavy atom. The van der Waals surface area contributed by atoms with Crippen LogP contribution in [-0.2, 0) is 5.41 Å². The molecule has 0 aliphatic carbocycles. The van der Waals surface area contributed by atoms with Crippen LogP contribution in [0.4, 0.5) is 0 Å². The van der Waals surface area contributed by atoms with E-state index in [0.29, 0.717) is 0 Å². The average molecular weight is 284 g/mol. The molecule has 1 rings (SSSR count). The summed E-state index contributed by atoms with van der Waals surface area (Å²) in [6.45, 7) is 8.58. The molecule has 0 aliphatic heterocycles. The highest BCUT2D eigenvalue weighted by atomic mass is 32.1. The molecule has 0 saturated carbocycles. The first-order valence-corrected chi connectivity index (χ1v) is 8.25. The second-order valence-electron chi connectivity index (χ2n) is 6.31. The molecule has 0 bridgehead atoms. The maximum atomic E-state index is 10.3. The van der Waals surface area contributed by atoms with Gasteiger partial charge in [-0.05, 0) is 18.0 Å². The van der Waals surface area contributed by atoms with Gasteiger partial charge >= 0.3 is 0 Å². The summed E-state index contributed by atoms with van der Waals surface area (Å²) in [5.41, 5.74) is 0.917. The highest BCUT2D eigenvalue weighted by molar-refractivity contribution is 7.05. The molecule has 1 atom stereocenters. The van der Waals surface area contributed by atoms with E-state index >= 15 is 0 Å². The Kier molecular flexibility index (Phi) is 6.94. The minimum absolute atomic E-state index is 0.0373. The normalized spacial score (nSPS) is 13.7. The molecule has 19 heavy (non-hydrogen) atoms. The van der Waals surface area contributed by atoms with Crippen molar-refractivity contribution < 1.29 is 5.11 Å². The lowest BCUT2D eigenvalue weighted by molar-refractivity contribution is 0.164. The molecule has 1 N–H and O–H groups in total. The first kappa shape index (κ1) is 16.6. The van der Waals surface area contributed by atoms with Crippen molar-refractivity contribution in [1.29, 1.82) is 0 Å². The molecule has 1 unspecified atom stereocenters. The van der Waals surface area contributed by atoms with Crippen LogP contribution in [0.5, 0.6) is 0 Å². The SMILES string of the molecule is CCCCCCCCC(O)c1snnc1C(C)(C)C. The Labute approximate surface area is 121 Å². The van der Waals surface area contributed by atoms with Crippen molar-refractivity contribution in [2.24, 2.45) is 0 Å². The van der Waals surface area contributed by atoms with Crippen molar-refractivity contribution in [3.63, 3.8) is 0 Å². The van der Waals surface area contributed by atoms with Gasteiger partial charge in [0.25, 0.3) is 0 Å². The van der Waals surface area contributed by atoms with Crippen molar-refractivity contribution in [2.45, 2.75) is 84.2 Å². The van der Waals surface area contributed by atoms with E-state index in [-0.39, 0.29) is 11.5 Å². The Morgan fingerprint density at radius 1 is 1.11 bits per heavy atom. The summed E-state index contributed by atoms with van der Waals surface area (Å²) in [6, 6.07) is 0. The lowest BCUT2D eigenvalue weighted by Crippen LogP contribution is -2.15. The molecule has 1 heterocycles. The van der Waals surface area contributed by atoms with Crippen molar-refractivity contribution in [2.75, 3.05) is 0 Å². The highest BCUT2D eigenvalue weighted by Gasteiger charge is 2.25. The van der Waals surface area contributed by atoms with Crippen LogP contribution in [0.2, 0.25) is 0 Å². The van der Waals surface area contributed by atoms with Crippen LogP contribution < -0.4 is 0 Å². The predicted octanol–water partition coefficient (Wildman–Crippen LogP) is 4.62. The van der Waals surface area contributed by atoms with Gasteiger partial charge in [-0.2, -0.15) is 0 Å². The summed E-state index contributed by atoms with van der Waals surface area (Å²) in [6.07, 6.45) is 7.97. The fraction of sp³-hybridized carbons (Fsp3) is 0.867. The van der Waals surface area contributed by atoms with E-state index in [9.17, 15) is 5.11 Å². The maximum Gasteiger partial charge on any atom is 0.0917 e. The Bertz CT molecular complexity index is 357. The van der Waals surface area contributed by atoms with Gasteiger partial charge in [-0.25, -0.2) is 0 Å². The number of rotatable bonds is 8. The zero-order valence-corrected chi connectivity index (χ0v) is 13.6. The fourth-order valence-electron chi connectivity index (χ4n) is 2.19. The van der Waals surface area contributed by atoms with Gasteiger partial charge in [0, 0.05) is 5.41 Å². The van der Waals surface area contributed by atoms with Gasteiger partial charge in [0.1, 0.15) is 0 Å². The molecular formula is C15H28N2OS. The van der Waals surface area contributed by atoms with Gasteiger partial charge in [-0.1, -0.05) is 70.7 Å².